The summed E-state index contributed by atoms with van der Waals surface area (Å²) in [5.41, 5.74) is 1.63. The lowest BCUT2D eigenvalue weighted by Crippen LogP contribution is -2.28. The molecule has 30 heavy (non-hydrogen) atoms. The third kappa shape index (κ3) is 4.98. The van der Waals surface area contributed by atoms with Crippen LogP contribution in [0, 0.1) is 0 Å². The largest absolute Gasteiger partial charge is 0.497 e. The van der Waals surface area contributed by atoms with E-state index in [1.54, 1.807) is 50.4 Å². The van der Waals surface area contributed by atoms with Crippen molar-refractivity contribution in [2.45, 2.75) is 11.7 Å². The number of methoxy groups -OCH3 is 2. The van der Waals surface area contributed by atoms with Crippen LogP contribution in [-0.2, 0) is 11.3 Å². The second kappa shape index (κ2) is 9.73. The van der Waals surface area contributed by atoms with Crippen LogP contribution in [0.3, 0.4) is 0 Å². The van der Waals surface area contributed by atoms with Crippen molar-refractivity contribution in [2.24, 2.45) is 0 Å². The fourth-order valence-electron chi connectivity index (χ4n) is 2.78. The van der Waals surface area contributed by atoms with Gasteiger partial charge in [-0.1, -0.05) is 35.5 Å². The van der Waals surface area contributed by atoms with Crippen molar-refractivity contribution in [3.05, 3.63) is 53.1 Å². The SMILES string of the molecule is COc1ccc(-c2nnc(SCC(=O)N(C)Cc3cccc(Cl)c3)n2N)c(OC)c1. The lowest BCUT2D eigenvalue weighted by atomic mass is 10.2. The highest BCUT2D eigenvalue weighted by molar-refractivity contribution is 7.99. The molecular weight excluding hydrogens is 426 g/mol. The Bertz CT molecular complexity index is 1040. The van der Waals surface area contributed by atoms with E-state index in [0.29, 0.717) is 39.6 Å². The number of benzene rings is 2. The number of ether oxygens (including phenoxy) is 2. The average molecular weight is 448 g/mol. The Morgan fingerprint density at radius 3 is 2.70 bits per heavy atom. The molecule has 0 saturated heterocycles. The van der Waals surface area contributed by atoms with Gasteiger partial charge < -0.3 is 20.2 Å². The molecule has 2 aromatic carbocycles. The Morgan fingerprint density at radius 1 is 1.20 bits per heavy atom. The van der Waals surface area contributed by atoms with E-state index in [9.17, 15) is 4.79 Å². The number of halogens is 1. The quantitative estimate of drug-likeness (QED) is 0.418. The van der Waals surface area contributed by atoms with Gasteiger partial charge in [0.2, 0.25) is 11.1 Å². The predicted octanol–water partition coefficient (Wildman–Crippen LogP) is 3.08. The third-order valence-corrected chi connectivity index (χ3v) is 5.54. The number of aromatic nitrogens is 3. The Kier molecular flexibility index (Phi) is 7.07. The maximum atomic E-state index is 12.5. The lowest BCUT2D eigenvalue weighted by molar-refractivity contribution is -0.127. The van der Waals surface area contributed by atoms with Crippen LogP contribution < -0.4 is 15.3 Å². The van der Waals surface area contributed by atoms with Gasteiger partial charge in [0.1, 0.15) is 11.5 Å². The van der Waals surface area contributed by atoms with Crippen LogP contribution in [0.1, 0.15) is 5.56 Å². The van der Waals surface area contributed by atoms with Crippen LogP contribution in [0.2, 0.25) is 5.02 Å². The van der Waals surface area contributed by atoms with Gasteiger partial charge in [-0.25, -0.2) is 4.68 Å². The summed E-state index contributed by atoms with van der Waals surface area (Å²) >= 11 is 7.22. The molecule has 0 aliphatic rings. The maximum Gasteiger partial charge on any atom is 0.233 e. The number of hydrogen-bond donors (Lipinski definition) is 1. The van der Waals surface area contributed by atoms with Gasteiger partial charge in [-0.05, 0) is 29.8 Å². The smallest absolute Gasteiger partial charge is 0.233 e. The fourth-order valence-corrected chi connectivity index (χ4v) is 3.79. The van der Waals surface area contributed by atoms with Gasteiger partial charge in [0.15, 0.2) is 5.82 Å². The summed E-state index contributed by atoms with van der Waals surface area (Å²) in [6.07, 6.45) is 0. The molecule has 0 aliphatic heterocycles. The van der Waals surface area contributed by atoms with E-state index >= 15 is 0 Å². The second-order valence-electron chi connectivity index (χ2n) is 6.41. The van der Waals surface area contributed by atoms with Crippen molar-refractivity contribution in [1.82, 2.24) is 19.8 Å². The molecule has 3 rings (SSSR count). The number of thioether (sulfide) groups is 1. The number of carbonyl (C=O) groups is 1. The van der Waals surface area contributed by atoms with Crippen molar-refractivity contribution in [1.29, 1.82) is 0 Å². The summed E-state index contributed by atoms with van der Waals surface area (Å²) in [4.78, 5) is 14.1. The van der Waals surface area contributed by atoms with Crippen molar-refractivity contribution >= 4 is 29.3 Å². The average Bonchev–Trinajstić information content (AvgIpc) is 3.11. The molecule has 10 heteroatoms. The number of nitrogens with two attached hydrogens (primary N) is 1. The topological polar surface area (TPSA) is 95.5 Å². The molecule has 0 aliphatic carbocycles. The molecule has 2 N–H and O–H groups in total. The lowest BCUT2D eigenvalue weighted by Gasteiger charge is -2.17. The molecule has 0 atom stereocenters. The first kappa shape index (κ1) is 21.8. The first-order chi connectivity index (χ1) is 14.4. The second-order valence-corrected chi connectivity index (χ2v) is 7.79. The molecule has 0 saturated carbocycles. The van der Waals surface area contributed by atoms with Crippen LogP contribution in [0.5, 0.6) is 11.5 Å². The Labute approximate surface area is 183 Å². The van der Waals surface area contributed by atoms with Crippen LogP contribution >= 0.6 is 23.4 Å². The number of amides is 1. The van der Waals surface area contributed by atoms with Gasteiger partial charge in [-0.3, -0.25) is 4.79 Å². The number of hydrogen-bond acceptors (Lipinski definition) is 7. The Hall–Kier alpha value is -2.91. The van der Waals surface area contributed by atoms with E-state index < -0.39 is 0 Å². The van der Waals surface area contributed by atoms with Gasteiger partial charge >= 0.3 is 0 Å². The minimum atomic E-state index is -0.0634. The number of nitrogen functional groups attached to an aromatic ring is 1. The zero-order chi connectivity index (χ0) is 21.7. The van der Waals surface area contributed by atoms with Crippen molar-refractivity contribution < 1.29 is 14.3 Å². The summed E-state index contributed by atoms with van der Waals surface area (Å²) in [6.45, 7) is 0.462. The zero-order valence-electron chi connectivity index (χ0n) is 16.8. The van der Waals surface area contributed by atoms with Crippen LogP contribution in [0.4, 0.5) is 0 Å². The minimum absolute atomic E-state index is 0.0634. The van der Waals surface area contributed by atoms with E-state index in [1.807, 2.05) is 18.2 Å². The molecule has 0 spiro atoms. The van der Waals surface area contributed by atoms with E-state index in [-0.39, 0.29) is 11.7 Å². The van der Waals surface area contributed by atoms with Gasteiger partial charge in [-0.2, -0.15) is 0 Å². The molecule has 0 unspecified atom stereocenters. The molecule has 1 amide bonds. The van der Waals surface area contributed by atoms with Gasteiger partial charge in [0, 0.05) is 24.7 Å². The molecule has 1 heterocycles. The van der Waals surface area contributed by atoms with E-state index in [0.717, 1.165) is 5.56 Å². The molecular formula is C20H22ClN5O3S. The van der Waals surface area contributed by atoms with Crippen molar-refractivity contribution in [2.75, 3.05) is 32.9 Å². The summed E-state index contributed by atoms with van der Waals surface area (Å²) in [5, 5.41) is 9.33. The van der Waals surface area contributed by atoms with Crippen molar-refractivity contribution in [3.63, 3.8) is 0 Å². The van der Waals surface area contributed by atoms with E-state index in [4.69, 9.17) is 26.9 Å². The van der Waals surface area contributed by atoms with Gasteiger partial charge in [0.25, 0.3) is 0 Å². The number of nitrogens with zero attached hydrogens (tertiary/aromatic N) is 4. The zero-order valence-corrected chi connectivity index (χ0v) is 18.4. The maximum absolute atomic E-state index is 12.5. The molecule has 158 valence electrons. The molecule has 0 fully saturated rings. The molecule has 3 aromatic rings. The monoisotopic (exact) mass is 447 g/mol. The summed E-state index contributed by atoms with van der Waals surface area (Å²) in [7, 11) is 4.87. The first-order valence-electron chi connectivity index (χ1n) is 8.97. The third-order valence-electron chi connectivity index (χ3n) is 4.37. The fraction of sp³-hybridized carbons (Fsp3) is 0.250. The highest BCUT2D eigenvalue weighted by atomic mass is 35.5. The molecule has 1 aromatic heterocycles. The first-order valence-corrected chi connectivity index (χ1v) is 10.3. The number of carbonyl (C=O) groups excluding carboxylic acids is 1. The Balaban J connectivity index is 1.67. The predicted molar refractivity (Wildman–Crippen MR) is 117 cm³/mol. The minimum Gasteiger partial charge on any atom is -0.497 e. The van der Waals surface area contributed by atoms with Crippen LogP contribution in [-0.4, -0.2) is 52.7 Å². The summed E-state index contributed by atoms with van der Waals surface area (Å²) in [5.74, 6) is 7.93. The van der Waals surface area contributed by atoms with Gasteiger partial charge in [0.05, 0.1) is 25.5 Å². The van der Waals surface area contributed by atoms with Gasteiger partial charge in [-0.15, -0.1) is 10.2 Å². The molecule has 8 nitrogen and oxygen atoms in total. The highest BCUT2D eigenvalue weighted by Crippen LogP contribution is 2.33. The normalized spacial score (nSPS) is 10.7. The van der Waals surface area contributed by atoms with E-state index in [1.165, 1.54) is 16.4 Å². The summed E-state index contributed by atoms with van der Waals surface area (Å²) in [6, 6.07) is 12.7. The highest BCUT2D eigenvalue weighted by Gasteiger charge is 2.18. The molecule has 0 bridgehead atoms. The van der Waals surface area contributed by atoms with Crippen LogP contribution in [0.15, 0.2) is 47.6 Å². The number of rotatable bonds is 8. The standard InChI is InChI=1S/C20H22ClN5O3S/c1-25(11-13-5-4-6-14(21)9-13)18(27)12-30-20-24-23-19(26(20)22)16-8-7-15(28-2)10-17(16)29-3/h4-10H,11-12,22H2,1-3H3. The van der Waals surface area contributed by atoms with Crippen LogP contribution in [0.25, 0.3) is 11.4 Å². The van der Waals surface area contributed by atoms with Crippen molar-refractivity contribution in [3.8, 4) is 22.9 Å². The van der Waals surface area contributed by atoms with E-state index in [2.05, 4.69) is 10.2 Å². The summed E-state index contributed by atoms with van der Waals surface area (Å²) < 4.78 is 12.0. The molecule has 0 radical (unpaired) electrons. The Morgan fingerprint density at radius 2 is 2.00 bits per heavy atom.